The van der Waals surface area contributed by atoms with Gasteiger partial charge in [0.25, 0.3) is 5.91 Å². The molecule has 1 aliphatic heterocycles. The van der Waals surface area contributed by atoms with Gasteiger partial charge in [0, 0.05) is 18.8 Å². The average Bonchev–Trinajstić information content (AvgIpc) is 2.65. The monoisotopic (exact) mass is 376 g/mol. The quantitative estimate of drug-likeness (QED) is 0.660. The lowest BCUT2D eigenvalue weighted by Gasteiger charge is -2.29. The fourth-order valence-electron chi connectivity index (χ4n) is 3.52. The SMILES string of the molecule is CCC[C@](C)(OCC)C(=O)Nc1ccc(OCCN2CCC(C)CC2)cc1. The molecule has 0 spiro atoms. The van der Waals surface area contributed by atoms with Gasteiger partial charge in [-0.05, 0) is 76.4 Å². The standard InChI is InChI=1S/C22H36N2O3/c1-5-13-22(4,27-6-2)21(25)23-19-7-9-20(10-8-19)26-17-16-24-14-11-18(3)12-15-24/h7-10,18H,5-6,11-17H2,1-4H3,(H,23,25)/t22-/m0/s1. The number of carbonyl (C=O) groups is 1. The maximum Gasteiger partial charge on any atom is 0.256 e. The van der Waals surface area contributed by atoms with Crippen molar-refractivity contribution in [2.24, 2.45) is 5.92 Å². The van der Waals surface area contributed by atoms with Gasteiger partial charge in [0.1, 0.15) is 18.0 Å². The number of nitrogens with one attached hydrogen (secondary N) is 1. The molecular formula is C22H36N2O3. The van der Waals surface area contributed by atoms with E-state index in [9.17, 15) is 4.79 Å². The van der Waals surface area contributed by atoms with Crippen LogP contribution in [-0.4, -0.2) is 49.3 Å². The van der Waals surface area contributed by atoms with E-state index in [1.54, 1.807) is 0 Å². The third-order valence-corrected chi connectivity index (χ3v) is 5.33. The number of hydrogen-bond donors (Lipinski definition) is 1. The number of nitrogens with zero attached hydrogens (tertiary/aromatic N) is 1. The summed E-state index contributed by atoms with van der Waals surface area (Å²) >= 11 is 0. The Morgan fingerprint density at radius 3 is 2.48 bits per heavy atom. The van der Waals surface area contributed by atoms with Gasteiger partial charge >= 0.3 is 0 Å². The van der Waals surface area contributed by atoms with Gasteiger partial charge in [0.05, 0.1) is 0 Å². The molecule has 27 heavy (non-hydrogen) atoms. The fourth-order valence-corrected chi connectivity index (χ4v) is 3.52. The van der Waals surface area contributed by atoms with E-state index in [0.29, 0.717) is 19.6 Å². The first-order valence-corrected chi connectivity index (χ1v) is 10.4. The summed E-state index contributed by atoms with van der Waals surface area (Å²) in [7, 11) is 0. The summed E-state index contributed by atoms with van der Waals surface area (Å²) in [5.41, 5.74) is -0.0238. The molecule has 1 N–H and O–H groups in total. The zero-order chi connectivity index (χ0) is 19.7. The van der Waals surface area contributed by atoms with E-state index in [1.165, 1.54) is 25.9 Å². The molecule has 5 heteroatoms. The van der Waals surface area contributed by atoms with Crippen LogP contribution in [0.25, 0.3) is 0 Å². The highest BCUT2D eigenvalue weighted by molar-refractivity contribution is 5.97. The minimum Gasteiger partial charge on any atom is -0.492 e. The van der Waals surface area contributed by atoms with Crippen LogP contribution in [0.15, 0.2) is 24.3 Å². The number of anilines is 1. The van der Waals surface area contributed by atoms with E-state index in [-0.39, 0.29) is 5.91 Å². The summed E-state index contributed by atoms with van der Waals surface area (Å²) in [5.74, 6) is 1.59. The van der Waals surface area contributed by atoms with E-state index in [4.69, 9.17) is 9.47 Å². The summed E-state index contributed by atoms with van der Waals surface area (Å²) < 4.78 is 11.6. The lowest BCUT2D eigenvalue weighted by atomic mass is 9.99. The molecule has 0 aromatic heterocycles. The Morgan fingerprint density at radius 1 is 1.22 bits per heavy atom. The Morgan fingerprint density at radius 2 is 1.89 bits per heavy atom. The Kier molecular flexibility index (Phi) is 8.58. The van der Waals surface area contributed by atoms with Gasteiger partial charge in [-0.15, -0.1) is 0 Å². The molecule has 1 aromatic rings. The number of benzene rings is 1. The largest absolute Gasteiger partial charge is 0.492 e. The molecule has 1 amide bonds. The van der Waals surface area contributed by atoms with Crippen molar-refractivity contribution in [2.45, 2.75) is 59.0 Å². The Bertz CT molecular complexity index is 559. The van der Waals surface area contributed by atoms with Crippen LogP contribution in [-0.2, 0) is 9.53 Å². The van der Waals surface area contributed by atoms with Crippen molar-refractivity contribution in [2.75, 3.05) is 38.2 Å². The predicted octanol–water partition coefficient (Wildman–Crippen LogP) is 4.33. The topological polar surface area (TPSA) is 50.8 Å². The molecule has 1 aliphatic rings. The van der Waals surface area contributed by atoms with Gasteiger partial charge in [-0.25, -0.2) is 0 Å². The van der Waals surface area contributed by atoms with Crippen molar-refractivity contribution >= 4 is 11.6 Å². The highest BCUT2D eigenvalue weighted by atomic mass is 16.5. The second-order valence-electron chi connectivity index (χ2n) is 7.76. The summed E-state index contributed by atoms with van der Waals surface area (Å²) in [4.78, 5) is 15.1. The number of amides is 1. The zero-order valence-electron chi connectivity index (χ0n) is 17.4. The minimum absolute atomic E-state index is 0.0980. The molecule has 0 unspecified atom stereocenters. The lowest BCUT2D eigenvalue weighted by molar-refractivity contribution is -0.139. The third-order valence-electron chi connectivity index (χ3n) is 5.33. The molecule has 1 aromatic carbocycles. The van der Waals surface area contributed by atoms with Crippen molar-refractivity contribution in [3.8, 4) is 5.75 Å². The van der Waals surface area contributed by atoms with Crippen molar-refractivity contribution < 1.29 is 14.3 Å². The molecule has 1 atom stereocenters. The van der Waals surface area contributed by atoms with Crippen molar-refractivity contribution in [1.29, 1.82) is 0 Å². The first kappa shape index (κ1) is 21.7. The van der Waals surface area contributed by atoms with Crippen LogP contribution in [0, 0.1) is 5.92 Å². The van der Waals surface area contributed by atoms with E-state index in [1.807, 2.05) is 38.1 Å². The normalized spacial score (nSPS) is 18.1. The maximum atomic E-state index is 12.6. The maximum absolute atomic E-state index is 12.6. The van der Waals surface area contributed by atoms with Crippen LogP contribution < -0.4 is 10.1 Å². The van der Waals surface area contributed by atoms with E-state index < -0.39 is 5.60 Å². The van der Waals surface area contributed by atoms with Gasteiger partial charge in [0.2, 0.25) is 0 Å². The molecule has 0 bridgehead atoms. The number of carbonyl (C=O) groups excluding carboxylic acids is 1. The number of hydrogen-bond acceptors (Lipinski definition) is 4. The molecule has 2 rings (SSSR count). The summed E-state index contributed by atoms with van der Waals surface area (Å²) in [6.45, 7) is 12.7. The first-order valence-electron chi connectivity index (χ1n) is 10.4. The molecule has 0 radical (unpaired) electrons. The Hall–Kier alpha value is -1.59. The van der Waals surface area contributed by atoms with Crippen molar-refractivity contribution in [1.82, 2.24) is 4.90 Å². The molecule has 0 saturated carbocycles. The zero-order valence-corrected chi connectivity index (χ0v) is 17.4. The lowest BCUT2D eigenvalue weighted by Crippen LogP contribution is -2.42. The van der Waals surface area contributed by atoms with Crippen LogP contribution in [0.2, 0.25) is 0 Å². The predicted molar refractivity (Wildman–Crippen MR) is 110 cm³/mol. The van der Waals surface area contributed by atoms with E-state index in [2.05, 4.69) is 24.1 Å². The van der Waals surface area contributed by atoms with Gasteiger partial charge < -0.3 is 14.8 Å². The number of rotatable bonds is 10. The summed E-state index contributed by atoms with van der Waals surface area (Å²) in [6.07, 6.45) is 4.16. The second-order valence-corrected chi connectivity index (χ2v) is 7.76. The van der Waals surface area contributed by atoms with Gasteiger partial charge in [-0.1, -0.05) is 20.3 Å². The molecule has 1 heterocycles. The molecule has 152 valence electrons. The van der Waals surface area contributed by atoms with Crippen LogP contribution in [0.5, 0.6) is 5.75 Å². The average molecular weight is 377 g/mol. The highest BCUT2D eigenvalue weighted by Crippen LogP contribution is 2.22. The minimum atomic E-state index is -0.787. The van der Waals surface area contributed by atoms with Crippen LogP contribution in [0.3, 0.4) is 0 Å². The van der Waals surface area contributed by atoms with Crippen LogP contribution in [0.4, 0.5) is 5.69 Å². The smallest absolute Gasteiger partial charge is 0.256 e. The van der Waals surface area contributed by atoms with Gasteiger partial charge in [-0.2, -0.15) is 0 Å². The first-order chi connectivity index (χ1) is 13.0. The van der Waals surface area contributed by atoms with Gasteiger partial charge in [0.15, 0.2) is 0 Å². The summed E-state index contributed by atoms with van der Waals surface area (Å²) in [5, 5.41) is 2.96. The number of likely N-dealkylation sites (tertiary alicyclic amines) is 1. The Balaban J connectivity index is 1.79. The number of piperidine rings is 1. The van der Waals surface area contributed by atoms with Crippen LogP contribution >= 0.6 is 0 Å². The summed E-state index contributed by atoms with van der Waals surface area (Å²) in [6, 6.07) is 7.58. The molecule has 1 fully saturated rings. The molecule has 0 aliphatic carbocycles. The highest BCUT2D eigenvalue weighted by Gasteiger charge is 2.32. The van der Waals surface area contributed by atoms with Crippen molar-refractivity contribution in [3.05, 3.63) is 24.3 Å². The molecule has 1 saturated heterocycles. The number of ether oxygens (including phenoxy) is 2. The van der Waals surface area contributed by atoms with E-state index in [0.717, 1.165) is 30.3 Å². The fraction of sp³-hybridized carbons (Fsp3) is 0.682. The van der Waals surface area contributed by atoms with E-state index >= 15 is 0 Å². The van der Waals surface area contributed by atoms with Crippen molar-refractivity contribution in [3.63, 3.8) is 0 Å². The third kappa shape index (κ3) is 6.82. The van der Waals surface area contributed by atoms with Crippen LogP contribution in [0.1, 0.15) is 53.4 Å². The molecule has 5 nitrogen and oxygen atoms in total. The molecular weight excluding hydrogens is 340 g/mol. The Labute approximate surface area is 164 Å². The van der Waals surface area contributed by atoms with Gasteiger partial charge in [-0.3, -0.25) is 9.69 Å². The second kappa shape index (κ2) is 10.7.